The van der Waals surface area contributed by atoms with Crippen LogP contribution < -0.4 is 21.1 Å². The van der Waals surface area contributed by atoms with Crippen LogP contribution in [0.1, 0.15) is 27.7 Å². The van der Waals surface area contributed by atoms with Crippen molar-refractivity contribution in [3.8, 4) is 0 Å². The first-order valence-corrected chi connectivity index (χ1v) is 6.05. The normalized spacial score (nSPS) is 17.2. The molecule has 90 valence electrons. The number of aromatic amines is 1. The number of hydrogen-bond acceptors (Lipinski definition) is 0. The Morgan fingerprint density at radius 2 is 1.12 bits per heavy atom. The Hall–Kier alpha value is -1.76. The lowest BCUT2D eigenvalue weighted by Gasteiger charge is -1.77. The molecule has 0 unspecified atom stereocenters. The van der Waals surface area contributed by atoms with Crippen molar-refractivity contribution in [2.24, 2.45) is 0 Å². The summed E-state index contributed by atoms with van der Waals surface area (Å²) in [4.78, 5) is 3.45. The minimum atomic E-state index is 1.16. The highest BCUT2D eigenvalue weighted by atomic mass is 14.7. The van der Waals surface area contributed by atoms with Crippen LogP contribution in [0.5, 0.6) is 0 Å². The van der Waals surface area contributed by atoms with Crippen LogP contribution in [-0.2, 0) is 0 Å². The van der Waals surface area contributed by atoms with E-state index in [1.165, 1.54) is 10.4 Å². The number of rotatable bonds is 2. The Kier molecular flexibility index (Phi) is 5.28. The maximum Gasteiger partial charge on any atom is 0.0461 e. The highest BCUT2D eigenvalue weighted by Gasteiger charge is 1.91. The summed E-state index contributed by atoms with van der Waals surface area (Å²) in [7, 11) is 0. The van der Waals surface area contributed by atoms with E-state index in [1.807, 2.05) is 26.0 Å². The molecule has 0 aliphatic heterocycles. The SMILES string of the molecule is C/C=C\C=c1[nH]c(=C/C=C\C)/c(=C\C)/c1=C/C. The molecule has 1 aromatic heterocycles. The zero-order chi connectivity index (χ0) is 12.7. The van der Waals surface area contributed by atoms with Gasteiger partial charge in [0.25, 0.3) is 0 Å². The summed E-state index contributed by atoms with van der Waals surface area (Å²) in [6.07, 6.45) is 16.7. The summed E-state index contributed by atoms with van der Waals surface area (Å²) in [6.45, 7) is 8.19. The van der Waals surface area contributed by atoms with Crippen molar-refractivity contribution in [2.75, 3.05) is 0 Å². The van der Waals surface area contributed by atoms with Crippen LogP contribution >= 0.6 is 0 Å². The molecule has 1 N–H and O–H groups in total. The monoisotopic (exact) mass is 227 g/mol. The van der Waals surface area contributed by atoms with Crippen LogP contribution in [0.15, 0.2) is 24.3 Å². The Bertz CT molecular complexity index is 580. The molecule has 0 radical (unpaired) electrons. The number of nitrogens with one attached hydrogen (secondary N) is 1. The summed E-state index contributed by atoms with van der Waals surface area (Å²) in [5, 5.41) is 4.85. The highest BCUT2D eigenvalue weighted by Crippen LogP contribution is 1.71. The van der Waals surface area contributed by atoms with Crippen LogP contribution in [-0.4, -0.2) is 4.98 Å². The molecule has 0 aromatic carbocycles. The van der Waals surface area contributed by atoms with E-state index in [0.717, 1.165) is 10.7 Å². The van der Waals surface area contributed by atoms with E-state index in [9.17, 15) is 0 Å². The molecule has 1 nitrogen and oxygen atoms in total. The predicted octanol–water partition coefficient (Wildman–Crippen LogP) is 1.33. The van der Waals surface area contributed by atoms with E-state index in [4.69, 9.17) is 0 Å². The summed E-state index contributed by atoms with van der Waals surface area (Å²) in [5.74, 6) is 0. The molecule has 0 amide bonds. The molecule has 1 heterocycles. The van der Waals surface area contributed by atoms with Crippen molar-refractivity contribution >= 4 is 24.3 Å². The molecule has 0 bridgehead atoms. The molecule has 0 aliphatic carbocycles. The van der Waals surface area contributed by atoms with Crippen LogP contribution in [0.4, 0.5) is 0 Å². The molecule has 0 fully saturated rings. The molecule has 0 aliphatic rings. The molecule has 0 spiro atoms. The largest absolute Gasteiger partial charge is 0.355 e. The van der Waals surface area contributed by atoms with Crippen LogP contribution in [0.3, 0.4) is 0 Å². The second kappa shape index (κ2) is 6.74. The topological polar surface area (TPSA) is 15.8 Å². The Morgan fingerprint density at radius 3 is 1.41 bits per heavy atom. The van der Waals surface area contributed by atoms with Crippen molar-refractivity contribution in [1.82, 2.24) is 4.98 Å². The van der Waals surface area contributed by atoms with Gasteiger partial charge in [-0.15, -0.1) is 0 Å². The van der Waals surface area contributed by atoms with E-state index in [-0.39, 0.29) is 0 Å². The van der Waals surface area contributed by atoms with Crippen molar-refractivity contribution in [1.29, 1.82) is 0 Å². The molecule has 17 heavy (non-hydrogen) atoms. The van der Waals surface area contributed by atoms with Gasteiger partial charge in [-0.3, -0.25) is 0 Å². The first-order chi connectivity index (χ1) is 8.28. The van der Waals surface area contributed by atoms with E-state index in [2.05, 4.69) is 55.3 Å². The maximum absolute atomic E-state index is 3.45. The molecular weight excluding hydrogens is 206 g/mol. The second-order valence-electron chi connectivity index (χ2n) is 3.74. The van der Waals surface area contributed by atoms with Gasteiger partial charge in [0, 0.05) is 21.1 Å². The molecule has 1 rings (SSSR count). The molecule has 0 saturated carbocycles. The fourth-order valence-electron chi connectivity index (χ4n) is 1.84. The van der Waals surface area contributed by atoms with Gasteiger partial charge in [0.05, 0.1) is 0 Å². The van der Waals surface area contributed by atoms with Gasteiger partial charge in [-0.1, -0.05) is 36.5 Å². The fraction of sp³-hybridized carbons (Fsp3) is 0.250. The van der Waals surface area contributed by atoms with E-state index in [0.29, 0.717) is 0 Å². The Morgan fingerprint density at radius 1 is 0.706 bits per heavy atom. The third kappa shape index (κ3) is 3.10. The van der Waals surface area contributed by atoms with Gasteiger partial charge < -0.3 is 4.98 Å². The number of allylic oxidation sites excluding steroid dienone is 4. The van der Waals surface area contributed by atoms with Crippen molar-refractivity contribution in [3.05, 3.63) is 45.4 Å². The first kappa shape index (κ1) is 13.3. The second-order valence-corrected chi connectivity index (χ2v) is 3.74. The quantitative estimate of drug-likeness (QED) is 0.784. The number of hydrogen-bond donors (Lipinski definition) is 1. The zero-order valence-corrected chi connectivity index (χ0v) is 11.1. The lowest BCUT2D eigenvalue weighted by Crippen LogP contribution is -2.36. The third-order valence-electron chi connectivity index (χ3n) is 2.63. The van der Waals surface area contributed by atoms with Crippen LogP contribution in [0.25, 0.3) is 24.3 Å². The first-order valence-electron chi connectivity index (χ1n) is 6.05. The maximum atomic E-state index is 3.45. The third-order valence-corrected chi connectivity index (χ3v) is 2.63. The van der Waals surface area contributed by atoms with E-state index >= 15 is 0 Å². The summed E-state index contributed by atoms with van der Waals surface area (Å²) < 4.78 is 0. The molecule has 1 heteroatoms. The lowest BCUT2D eigenvalue weighted by molar-refractivity contribution is 1.26. The highest BCUT2D eigenvalue weighted by molar-refractivity contribution is 5.43. The molecule has 0 saturated heterocycles. The fourth-order valence-corrected chi connectivity index (χ4v) is 1.84. The van der Waals surface area contributed by atoms with Gasteiger partial charge in [-0.2, -0.15) is 0 Å². The van der Waals surface area contributed by atoms with Crippen LogP contribution in [0, 0.1) is 0 Å². The predicted molar refractivity (Wildman–Crippen MR) is 78.1 cm³/mol. The average molecular weight is 227 g/mol. The zero-order valence-electron chi connectivity index (χ0n) is 11.1. The van der Waals surface area contributed by atoms with Crippen molar-refractivity contribution < 1.29 is 0 Å². The van der Waals surface area contributed by atoms with Gasteiger partial charge in [0.1, 0.15) is 0 Å². The van der Waals surface area contributed by atoms with Gasteiger partial charge in [-0.05, 0) is 39.8 Å². The molecule has 1 aromatic rings. The molecule has 0 atom stereocenters. The van der Waals surface area contributed by atoms with Gasteiger partial charge in [0.2, 0.25) is 0 Å². The summed E-state index contributed by atoms with van der Waals surface area (Å²) in [6, 6.07) is 0. The van der Waals surface area contributed by atoms with Crippen LogP contribution in [0.2, 0.25) is 0 Å². The summed E-state index contributed by atoms with van der Waals surface area (Å²) in [5.41, 5.74) is 0. The van der Waals surface area contributed by atoms with Crippen molar-refractivity contribution in [2.45, 2.75) is 27.7 Å². The Labute approximate surface area is 103 Å². The molecular formula is C16H21N. The Balaban J connectivity index is 3.76. The number of H-pyrrole nitrogens is 1. The standard InChI is InChI=1S/C16H21N/c1-5-9-11-15-13(7-3)14(8-4)16(17-15)12-10-6-2/h5-12,17H,1-4H3/b9-5-,10-6-,13-7-,14-8-,15-11+,16-12?. The van der Waals surface area contributed by atoms with Gasteiger partial charge in [-0.25, -0.2) is 0 Å². The van der Waals surface area contributed by atoms with Crippen molar-refractivity contribution in [3.63, 3.8) is 0 Å². The van der Waals surface area contributed by atoms with Gasteiger partial charge >= 0.3 is 0 Å². The summed E-state index contributed by atoms with van der Waals surface area (Å²) >= 11 is 0. The van der Waals surface area contributed by atoms with Gasteiger partial charge in [0.15, 0.2) is 0 Å². The minimum absolute atomic E-state index is 1.16. The smallest absolute Gasteiger partial charge is 0.0461 e. The van der Waals surface area contributed by atoms with E-state index < -0.39 is 0 Å². The average Bonchev–Trinajstić information content (AvgIpc) is 2.70. The lowest BCUT2D eigenvalue weighted by atomic mass is 10.3. The van der Waals surface area contributed by atoms with E-state index in [1.54, 1.807) is 0 Å². The minimum Gasteiger partial charge on any atom is -0.355 e. The number of aromatic nitrogens is 1.